The first-order valence-corrected chi connectivity index (χ1v) is 10.2. The van der Waals surface area contributed by atoms with E-state index in [2.05, 4.69) is 39.7 Å². The lowest BCUT2D eigenvalue weighted by Crippen LogP contribution is -2.49. The number of hydrogen-bond donors (Lipinski definition) is 3. The Hall–Kier alpha value is -2.08. The highest BCUT2D eigenvalue weighted by Crippen LogP contribution is 2.10. The molecule has 0 spiro atoms. The second-order valence-corrected chi connectivity index (χ2v) is 7.15. The molecule has 1 amide bonds. The molecule has 6 heteroatoms. The molecular weight excluding hydrogens is 338 g/mol. The Morgan fingerprint density at radius 3 is 2.67 bits per heavy atom. The lowest BCUT2D eigenvalue weighted by atomic mass is 10.1. The number of benzene rings is 1. The van der Waals surface area contributed by atoms with E-state index in [9.17, 15) is 4.79 Å². The van der Waals surface area contributed by atoms with Gasteiger partial charge in [0.15, 0.2) is 5.96 Å². The van der Waals surface area contributed by atoms with Crippen molar-refractivity contribution in [3.63, 3.8) is 0 Å². The zero-order chi connectivity index (χ0) is 19.5. The molecule has 0 aliphatic carbocycles. The first-order valence-electron chi connectivity index (χ1n) is 10.2. The summed E-state index contributed by atoms with van der Waals surface area (Å²) in [6.07, 6.45) is 3.51. The van der Waals surface area contributed by atoms with Crippen LogP contribution in [0.25, 0.3) is 0 Å². The smallest absolute Gasteiger partial charge is 0.251 e. The summed E-state index contributed by atoms with van der Waals surface area (Å²) in [6.45, 7) is 11.7. The zero-order valence-electron chi connectivity index (χ0n) is 17.1. The van der Waals surface area contributed by atoms with Crippen LogP contribution in [0.3, 0.4) is 0 Å². The zero-order valence-corrected chi connectivity index (χ0v) is 17.1. The Morgan fingerprint density at radius 2 is 2.00 bits per heavy atom. The Kier molecular flexibility index (Phi) is 9.11. The van der Waals surface area contributed by atoms with Crippen molar-refractivity contribution >= 4 is 11.9 Å². The molecule has 1 aromatic rings. The molecule has 0 atom stereocenters. The van der Waals surface area contributed by atoms with Crippen LogP contribution in [0.1, 0.15) is 49.0 Å². The number of hydrogen-bond acceptors (Lipinski definition) is 3. The first kappa shape index (κ1) is 21.2. The number of guanidine groups is 1. The topological polar surface area (TPSA) is 68.8 Å². The highest BCUT2D eigenvalue weighted by molar-refractivity contribution is 5.94. The minimum Gasteiger partial charge on any atom is -0.357 e. The molecule has 1 fully saturated rings. The molecule has 0 aromatic heterocycles. The third-order valence-electron chi connectivity index (χ3n) is 4.76. The summed E-state index contributed by atoms with van der Waals surface area (Å²) in [7, 11) is 0. The molecule has 6 nitrogen and oxygen atoms in total. The predicted molar refractivity (Wildman–Crippen MR) is 112 cm³/mol. The van der Waals surface area contributed by atoms with Crippen LogP contribution in [0.15, 0.2) is 29.3 Å². The molecule has 1 aromatic carbocycles. The summed E-state index contributed by atoms with van der Waals surface area (Å²) in [5.74, 6) is 0.798. The highest BCUT2D eigenvalue weighted by atomic mass is 16.1. The summed E-state index contributed by atoms with van der Waals surface area (Å²) in [5, 5.41) is 9.79. The van der Waals surface area contributed by atoms with Crippen LogP contribution in [0.2, 0.25) is 0 Å². The third-order valence-corrected chi connectivity index (χ3v) is 4.76. The van der Waals surface area contributed by atoms with Gasteiger partial charge in [-0.1, -0.05) is 24.6 Å². The standard InChI is InChI=1S/C21H35N5O/c1-4-13-26-14-9-19(10-15-26)25-21(22-5-2)24-12-11-23-20(27)18-8-6-7-17(3)16-18/h6-8,16,19H,4-5,9-15H2,1-3H3,(H,23,27)(H2,22,24,25). The van der Waals surface area contributed by atoms with Gasteiger partial charge in [-0.2, -0.15) is 0 Å². The van der Waals surface area contributed by atoms with E-state index in [1.54, 1.807) is 0 Å². The molecule has 27 heavy (non-hydrogen) atoms. The minimum atomic E-state index is -0.0462. The SMILES string of the molecule is CCCN1CCC(NC(=NCCNC(=O)c2cccc(C)c2)NCC)CC1. The van der Waals surface area contributed by atoms with E-state index in [1.807, 2.05) is 31.2 Å². The number of carbonyl (C=O) groups is 1. The number of likely N-dealkylation sites (tertiary alicyclic amines) is 1. The van der Waals surface area contributed by atoms with E-state index < -0.39 is 0 Å². The van der Waals surface area contributed by atoms with Crippen LogP contribution in [0.4, 0.5) is 0 Å². The Morgan fingerprint density at radius 1 is 1.22 bits per heavy atom. The largest absolute Gasteiger partial charge is 0.357 e. The van der Waals surface area contributed by atoms with Crippen LogP contribution in [0, 0.1) is 6.92 Å². The van der Waals surface area contributed by atoms with Gasteiger partial charge in [0, 0.05) is 37.8 Å². The average Bonchev–Trinajstić information content (AvgIpc) is 2.67. The van der Waals surface area contributed by atoms with Crippen molar-refractivity contribution in [2.45, 2.75) is 46.1 Å². The number of aliphatic imine (C=N–C) groups is 1. The summed E-state index contributed by atoms with van der Waals surface area (Å²) < 4.78 is 0. The van der Waals surface area contributed by atoms with Crippen molar-refractivity contribution in [1.82, 2.24) is 20.9 Å². The van der Waals surface area contributed by atoms with Crippen molar-refractivity contribution in [3.05, 3.63) is 35.4 Å². The van der Waals surface area contributed by atoms with E-state index in [-0.39, 0.29) is 5.91 Å². The summed E-state index contributed by atoms with van der Waals surface area (Å²) >= 11 is 0. The lowest BCUT2D eigenvalue weighted by Gasteiger charge is -2.32. The van der Waals surface area contributed by atoms with Crippen LogP contribution in [-0.2, 0) is 0 Å². The van der Waals surface area contributed by atoms with Gasteiger partial charge in [-0.3, -0.25) is 9.79 Å². The molecular formula is C21H35N5O. The van der Waals surface area contributed by atoms with E-state index in [4.69, 9.17) is 0 Å². The Bertz CT molecular complexity index is 608. The number of rotatable bonds is 8. The van der Waals surface area contributed by atoms with Gasteiger partial charge in [0.25, 0.3) is 5.91 Å². The van der Waals surface area contributed by atoms with E-state index >= 15 is 0 Å². The molecule has 0 unspecified atom stereocenters. The minimum absolute atomic E-state index is 0.0462. The van der Waals surface area contributed by atoms with Gasteiger partial charge in [0.05, 0.1) is 6.54 Å². The maximum absolute atomic E-state index is 12.2. The molecule has 2 rings (SSSR count). The normalized spacial score (nSPS) is 16.2. The van der Waals surface area contributed by atoms with Gasteiger partial charge < -0.3 is 20.9 Å². The van der Waals surface area contributed by atoms with Gasteiger partial charge in [0.2, 0.25) is 0 Å². The number of piperidine rings is 1. The number of nitrogens with zero attached hydrogens (tertiary/aromatic N) is 2. The fraction of sp³-hybridized carbons (Fsp3) is 0.619. The van der Waals surface area contributed by atoms with Crippen LogP contribution >= 0.6 is 0 Å². The van der Waals surface area contributed by atoms with Gasteiger partial charge in [-0.05, 0) is 51.8 Å². The molecule has 1 aliphatic heterocycles. The van der Waals surface area contributed by atoms with Crippen molar-refractivity contribution in [3.8, 4) is 0 Å². The molecule has 1 saturated heterocycles. The Labute approximate surface area is 163 Å². The molecule has 150 valence electrons. The lowest BCUT2D eigenvalue weighted by molar-refractivity contribution is 0.0954. The second-order valence-electron chi connectivity index (χ2n) is 7.15. The van der Waals surface area contributed by atoms with E-state index in [0.29, 0.717) is 24.7 Å². The molecule has 1 heterocycles. The molecule has 1 aliphatic rings. The van der Waals surface area contributed by atoms with Crippen LogP contribution in [0.5, 0.6) is 0 Å². The second kappa shape index (κ2) is 11.6. The van der Waals surface area contributed by atoms with Gasteiger partial charge in [-0.15, -0.1) is 0 Å². The maximum atomic E-state index is 12.2. The average molecular weight is 374 g/mol. The molecule has 3 N–H and O–H groups in total. The first-order chi connectivity index (χ1) is 13.1. The van der Waals surface area contributed by atoms with Crippen molar-refractivity contribution in [2.75, 3.05) is 39.3 Å². The van der Waals surface area contributed by atoms with Crippen LogP contribution < -0.4 is 16.0 Å². The molecule has 0 saturated carbocycles. The number of nitrogens with one attached hydrogen (secondary N) is 3. The number of amides is 1. The summed E-state index contributed by atoms with van der Waals surface area (Å²) in [5.41, 5.74) is 1.78. The van der Waals surface area contributed by atoms with Gasteiger partial charge >= 0.3 is 0 Å². The van der Waals surface area contributed by atoms with Gasteiger partial charge in [-0.25, -0.2) is 0 Å². The predicted octanol–water partition coefficient (Wildman–Crippen LogP) is 2.15. The van der Waals surface area contributed by atoms with Crippen molar-refractivity contribution < 1.29 is 4.79 Å². The maximum Gasteiger partial charge on any atom is 0.251 e. The quantitative estimate of drug-likeness (QED) is 0.371. The summed E-state index contributed by atoms with van der Waals surface area (Å²) in [4.78, 5) is 19.3. The highest BCUT2D eigenvalue weighted by Gasteiger charge is 2.19. The molecule has 0 radical (unpaired) electrons. The number of aryl methyl sites for hydroxylation is 1. The van der Waals surface area contributed by atoms with Gasteiger partial charge in [0.1, 0.15) is 0 Å². The third kappa shape index (κ3) is 7.59. The molecule has 0 bridgehead atoms. The van der Waals surface area contributed by atoms with Crippen LogP contribution in [-0.4, -0.2) is 62.1 Å². The number of carbonyl (C=O) groups excluding carboxylic acids is 1. The fourth-order valence-electron chi connectivity index (χ4n) is 3.36. The fourth-order valence-corrected chi connectivity index (χ4v) is 3.36. The van der Waals surface area contributed by atoms with E-state index in [1.165, 1.54) is 13.0 Å². The summed E-state index contributed by atoms with van der Waals surface area (Å²) in [6, 6.07) is 8.10. The van der Waals surface area contributed by atoms with E-state index in [0.717, 1.165) is 44.0 Å². The monoisotopic (exact) mass is 373 g/mol. The van der Waals surface area contributed by atoms with Crippen molar-refractivity contribution in [2.24, 2.45) is 4.99 Å². The van der Waals surface area contributed by atoms with Crippen molar-refractivity contribution in [1.29, 1.82) is 0 Å². The Balaban J connectivity index is 1.75.